The van der Waals surface area contributed by atoms with Gasteiger partial charge in [-0.1, -0.05) is 29.8 Å². The van der Waals surface area contributed by atoms with E-state index in [2.05, 4.69) is 10.4 Å². The molecular formula is C20H18ClN5O. The minimum atomic E-state index is -0.169. The predicted molar refractivity (Wildman–Crippen MR) is 105 cm³/mol. The van der Waals surface area contributed by atoms with Crippen LogP contribution in [0.15, 0.2) is 54.7 Å². The van der Waals surface area contributed by atoms with E-state index in [-0.39, 0.29) is 5.91 Å². The average molecular weight is 380 g/mol. The molecule has 6 nitrogen and oxygen atoms in total. The highest BCUT2D eigenvalue weighted by molar-refractivity contribution is 6.30. The molecule has 3 heterocycles. The number of hydrogen-bond donors (Lipinski definition) is 1. The monoisotopic (exact) mass is 379 g/mol. The summed E-state index contributed by atoms with van der Waals surface area (Å²) in [5.41, 5.74) is 4.89. The summed E-state index contributed by atoms with van der Waals surface area (Å²) in [5.74, 6) is -0.169. The van der Waals surface area contributed by atoms with E-state index in [1.165, 1.54) is 0 Å². The van der Waals surface area contributed by atoms with E-state index >= 15 is 0 Å². The summed E-state index contributed by atoms with van der Waals surface area (Å²) in [7, 11) is 1.61. The number of carbonyl (C=O) groups is 1. The van der Waals surface area contributed by atoms with E-state index in [1.54, 1.807) is 17.8 Å². The van der Waals surface area contributed by atoms with E-state index in [0.717, 1.165) is 28.3 Å². The summed E-state index contributed by atoms with van der Waals surface area (Å²) in [6.45, 7) is 2.29. The zero-order valence-corrected chi connectivity index (χ0v) is 15.7. The molecule has 0 atom stereocenters. The molecule has 4 rings (SSSR count). The fourth-order valence-corrected chi connectivity index (χ4v) is 3.28. The van der Waals surface area contributed by atoms with Gasteiger partial charge >= 0.3 is 0 Å². The van der Waals surface area contributed by atoms with Gasteiger partial charge < -0.3 is 9.72 Å². The number of nitrogens with zero attached hydrogens (tertiary/aromatic N) is 4. The maximum atomic E-state index is 12.2. The highest BCUT2D eigenvalue weighted by atomic mass is 35.5. The molecule has 1 amide bonds. The Kier molecular flexibility index (Phi) is 4.41. The van der Waals surface area contributed by atoms with Crippen LogP contribution in [0, 0.1) is 6.92 Å². The van der Waals surface area contributed by atoms with Gasteiger partial charge in [0.25, 0.3) is 5.91 Å². The van der Waals surface area contributed by atoms with E-state index < -0.39 is 0 Å². The molecule has 0 aliphatic carbocycles. The molecule has 4 aromatic rings. The first kappa shape index (κ1) is 17.3. The molecule has 0 aliphatic rings. The van der Waals surface area contributed by atoms with Crippen LogP contribution in [0.2, 0.25) is 5.02 Å². The quantitative estimate of drug-likeness (QED) is 0.589. The molecule has 1 aromatic carbocycles. The van der Waals surface area contributed by atoms with Gasteiger partial charge in [-0.2, -0.15) is 5.10 Å². The van der Waals surface area contributed by atoms with E-state index in [0.29, 0.717) is 17.3 Å². The molecule has 3 aromatic heterocycles. The molecular weight excluding hydrogens is 362 g/mol. The van der Waals surface area contributed by atoms with Gasteiger partial charge in [0.05, 0.1) is 23.6 Å². The fraction of sp³-hybridized carbons (Fsp3) is 0.150. The molecule has 0 saturated carbocycles. The maximum Gasteiger partial charge on any atom is 0.269 e. The van der Waals surface area contributed by atoms with Gasteiger partial charge in [-0.25, -0.2) is 4.98 Å². The van der Waals surface area contributed by atoms with Gasteiger partial charge in [0.15, 0.2) is 0 Å². The van der Waals surface area contributed by atoms with Crippen LogP contribution in [-0.2, 0) is 6.54 Å². The van der Waals surface area contributed by atoms with Crippen molar-refractivity contribution < 1.29 is 4.79 Å². The summed E-state index contributed by atoms with van der Waals surface area (Å²) < 4.78 is 3.73. The van der Waals surface area contributed by atoms with E-state index in [9.17, 15) is 4.79 Å². The van der Waals surface area contributed by atoms with Crippen LogP contribution in [-0.4, -0.2) is 32.1 Å². The average Bonchev–Trinajstić information content (AvgIpc) is 3.23. The molecule has 7 heteroatoms. The molecule has 0 aliphatic heterocycles. The Bertz CT molecular complexity index is 1130. The first-order valence-corrected chi connectivity index (χ1v) is 8.93. The standard InChI is InChI=1S/C20H18ClN5O/c1-13-11-16(20(27)22-2)26(24-13)12-17-19(14-6-8-15(21)9-7-14)23-18-5-3-4-10-25(17)18/h3-11H,12H2,1-2H3,(H,22,27). The van der Waals surface area contributed by atoms with Crippen molar-refractivity contribution in [2.45, 2.75) is 13.5 Å². The number of carbonyl (C=O) groups excluding carboxylic acids is 1. The number of nitrogens with one attached hydrogen (secondary N) is 1. The summed E-state index contributed by atoms with van der Waals surface area (Å²) in [6.07, 6.45) is 1.97. The third-order valence-corrected chi connectivity index (χ3v) is 4.66. The number of aromatic nitrogens is 4. The van der Waals surface area contributed by atoms with Crippen LogP contribution < -0.4 is 5.32 Å². The maximum absolute atomic E-state index is 12.2. The molecule has 0 unspecified atom stereocenters. The summed E-state index contributed by atoms with van der Waals surface area (Å²) in [5, 5.41) is 7.85. The Labute approximate surface area is 161 Å². The van der Waals surface area contributed by atoms with Crippen LogP contribution in [0.1, 0.15) is 21.9 Å². The van der Waals surface area contributed by atoms with Crippen LogP contribution in [0.25, 0.3) is 16.9 Å². The number of fused-ring (bicyclic) bond motifs is 1. The number of aryl methyl sites for hydroxylation is 1. The molecule has 27 heavy (non-hydrogen) atoms. The third kappa shape index (κ3) is 3.19. The van der Waals surface area contributed by atoms with E-state index in [4.69, 9.17) is 16.6 Å². The Hall–Kier alpha value is -3.12. The SMILES string of the molecule is CNC(=O)c1cc(C)nn1Cc1c(-c2ccc(Cl)cc2)nc2ccccn12. The summed E-state index contributed by atoms with van der Waals surface area (Å²) in [4.78, 5) is 17.0. The van der Waals surface area contributed by atoms with Gasteiger partial charge in [0, 0.05) is 23.8 Å². The number of amides is 1. The predicted octanol–water partition coefficient (Wildman–Crippen LogP) is 3.57. The van der Waals surface area contributed by atoms with E-state index in [1.807, 2.05) is 60.0 Å². The zero-order valence-electron chi connectivity index (χ0n) is 15.0. The second kappa shape index (κ2) is 6.89. The zero-order chi connectivity index (χ0) is 19.0. The van der Waals surface area contributed by atoms with Gasteiger partial charge in [-0.3, -0.25) is 9.48 Å². The summed E-state index contributed by atoms with van der Waals surface area (Å²) in [6, 6.07) is 15.2. The van der Waals surface area contributed by atoms with Gasteiger partial charge in [0.1, 0.15) is 11.3 Å². The number of pyridine rings is 1. The normalized spacial score (nSPS) is 11.1. The van der Waals surface area contributed by atoms with Gasteiger partial charge in [0.2, 0.25) is 0 Å². The summed E-state index contributed by atoms with van der Waals surface area (Å²) >= 11 is 6.04. The third-order valence-electron chi connectivity index (χ3n) is 4.41. The van der Waals surface area contributed by atoms with Crippen molar-refractivity contribution in [2.75, 3.05) is 7.05 Å². The van der Waals surface area contributed by atoms with Crippen LogP contribution >= 0.6 is 11.6 Å². The first-order chi connectivity index (χ1) is 13.1. The van der Waals surface area contributed by atoms with Crippen molar-refractivity contribution in [3.05, 3.63) is 76.8 Å². The lowest BCUT2D eigenvalue weighted by atomic mass is 10.1. The molecule has 0 saturated heterocycles. The Balaban J connectivity index is 1.87. The van der Waals surface area contributed by atoms with Crippen molar-refractivity contribution in [1.82, 2.24) is 24.5 Å². The molecule has 136 valence electrons. The lowest BCUT2D eigenvalue weighted by Crippen LogP contribution is -2.22. The smallest absolute Gasteiger partial charge is 0.269 e. The second-order valence-electron chi connectivity index (χ2n) is 6.25. The lowest BCUT2D eigenvalue weighted by molar-refractivity contribution is 0.0953. The number of rotatable bonds is 4. The number of imidazole rings is 1. The molecule has 1 N–H and O–H groups in total. The van der Waals surface area contributed by atoms with Crippen molar-refractivity contribution in [1.29, 1.82) is 0 Å². The first-order valence-electron chi connectivity index (χ1n) is 8.55. The number of halogens is 1. The highest BCUT2D eigenvalue weighted by Crippen LogP contribution is 2.27. The largest absolute Gasteiger partial charge is 0.354 e. The second-order valence-corrected chi connectivity index (χ2v) is 6.69. The van der Waals surface area contributed by atoms with Crippen molar-refractivity contribution in [2.24, 2.45) is 0 Å². The van der Waals surface area contributed by atoms with Crippen molar-refractivity contribution in [3.63, 3.8) is 0 Å². The van der Waals surface area contributed by atoms with Crippen LogP contribution in [0.3, 0.4) is 0 Å². The Morgan fingerprint density at radius 2 is 1.96 bits per heavy atom. The molecule has 0 bridgehead atoms. The number of hydrogen-bond acceptors (Lipinski definition) is 3. The molecule has 0 fully saturated rings. The van der Waals surface area contributed by atoms with Crippen molar-refractivity contribution >= 4 is 23.2 Å². The topological polar surface area (TPSA) is 64.2 Å². The minimum Gasteiger partial charge on any atom is -0.354 e. The van der Waals surface area contributed by atoms with Gasteiger partial charge in [-0.15, -0.1) is 0 Å². The van der Waals surface area contributed by atoms with Gasteiger partial charge in [-0.05, 0) is 37.3 Å². The Morgan fingerprint density at radius 3 is 2.70 bits per heavy atom. The van der Waals surface area contributed by atoms with Crippen LogP contribution in [0.4, 0.5) is 0 Å². The number of benzene rings is 1. The highest BCUT2D eigenvalue weighted by Gasteiger charge is 2.18. The van der Waals surface area contributed by atoms with Crippen LogP contribution in [0.5, 0.6) is 0 Å². The van der Waals surface area contributed by atoms with Crippen molar-refractivity contribution in [3.8, 4) is 11.3 Å². The molecule has 0 radical (unpaired) electrons. The fourth-order valence-electron chi connectivity index (χ4n) is 3.16. The Morgan fingerprint density at radius 1 is 1.19 bits per heavy atom. The minimum absolute atomic E-state index is 0.169. The molecule has 0 spiro atoms. The lowest BCUT2D eigenvalue weighted by Gasteiger charge is -2.09.